The number of rotatable bonds is 9. The van der Waals surface area contributed by atoms with E-state index in [1.54, 1.807) is 12.1 Å². The zero-order valence-electron chi connectivity index (χ0n) is 17.4. The number of aliphatic hydroxyl groups is 2. The van der Waals surface area contributed by atoms with Gasteiger partial charge in [-0.3, -0.25) is 14.8 Å². The van der Waals surface area contributed by atoms with Gasteiger partial charge in [-0.05, 0) is 30.0 Å². The number of Topliss-reactive ketones (excluding diaryl/α,β-unsaturated/α-hetero) is 1. The molecule has 1 aromatic carbocycles. The predicted octanol–water partition coefficient (Wildman–Crippen LogP) is 3.03. The van der Waals surface area contributed by atoms with E-state index in [4.69, 9.17) is 16.7 Å². The lowest BCUT2D eigenvalue weighted by atomic mass is 9.83. The summed E-state index contributed by atoms with van der Waals surface area (Å²) in [6.45, 7) is -0.458. The van der Waals surface area contributed by atoms with Crippen LogP contribution in [-0.2, 0) is 21.1 Å². The zero-order valence-corrected chi connectivity index (χ0v) is 18.9. The summed E-state index contributed by atoms with van der Waals surface area (Å²) in [5.41, 5.74) is 1.41. The summed E-state index contributed by atoms with van der Waals surface area (Å²) in [5.74, 6) is -0.0194. The van der Waals surface area contributed by atoms with Crippen molar-refractivity contribution in [3.05, 3.63) is 52.6 Å². The van der Waals surface area contributed by atoms with Crippen LogP contribution in [-0.4, -0.2) is 47.2 Å². The second-order valence-corrected chi connectivity index (χ2v) is 10.6. The predicted molar refractivity (Wildman–Crippen MR) is 117 cm³/mol. The minimum Gasteiger partial charge on any atom is -0.393 e. The van der Waals surface area contributed by atoms with Gasteiger partial charge < -0.3 is 10.2 Å². The Labute approximate surface area is 187 Å². The highest BCUT2D eigenvalue weighted by molar-refractivity contribution is 7.90. The maximum Gasteiger partial charge on any atom is 0.176 e. The van der Waals surface area contributed by atoms with E-state index in [2.05, 4.69) is 9.97 Å². The van der Waals surface area contributed by atoms with Crippen LogP contribution in [0, 0.1) is 5.92 Å². The summed E-state index contributed by atoms with van der Waals surface area (Å²) >= 11 is 6.24. The van der Waals surface area contributed by atoms with Crippen LogP contribution in [0.1, 0.15) is 61.1 Å². The molecular weight excluding hydrogens is 440 g/mol. The first-order chi connectivity index (χ1) is 14.7. The highest BCUT2D eigenvalue weighted by Gasteiger charge is 2.28. The van der Waals surface area contributed by atoms with Crippen molar-refractivity contribution in [2.45, 2.75) is 55.4 Å². The molecule has 9 heteroatoms. The summed E-state index contributed by atoms with van der Waals surface area (Å²) < 4.78 is 23.8. The highest BCUT2D eigenvalue weighted by atomic mass is 35.5. The Bertz CT molecular complexity index is 1020. The second kappa shape index (κ2) is 10.2. The number of benzene rings is 1. The van der Waals surface area contributed by atoms with E-state index in [-0.39, 0.29) is 27.8 Å². The molecule has 0 aliphatic heterocycles. The zero-order chi connectivity index (χ0) is 22.6. The standard InChI is InChI=1S/C22H27ClN2O5S/c1-31(29,30)22-7-6-15(9-18(22)23)17(8-14-4-2-3-5-14)20(27)10-16-11-25-19(12-24-16)21(28)13-26/h6-7,9,11-12,14,17,21,26,28H,2-5,8,10,13H2,1H3/t17-,21-/m1/s1. The molecule has 0 saturated heterocycles. The topological polar surface area (TPSA) is 117 Å². The monoisotopic (exact) mass is 466 g/mol. The number of halogens is 1. The third-order valence-electron chi connectivity index (χ3n) is 5.79. The van der Waals surface area contributed by atoms with Crippen molar-refractivity contribution in [2.75, 3.05) is 12.9 Å². The van der Waals surface area contributed by atoms with E-state index in [1.807, 2.05) is 0 Å². The molecule has 2 aromatic rings. The van der Waals surface area contributed by atoms with E-state index >= 15 is 0 Å². The molecule has 0 amide bonds. The van der Waals surface area contributed by atoms with Gasteiger partial charge >= 0.3 is 0 Å². The number of hydrogen-bond donors (Lipinski definition) is 2. The first-order valence-electron chi connectivity index (χ1n) is 10.3. The van der Waals surface area contributed by atoms with Crippen LogP contribution in [0.3, 0.4) is 0 Å². The van der Waals surface area contributed by atoms with Crippen LogP contribution in [0.2, 0.25) is 5.02 Å². The van der Waals surface area contributed by atoms with Crippen molar-refractivity contribution in [1.82, 2.24) is 9.97 Å². The second-order valence-electron chi connectivity index (χ2n) is 8.17. The van der Waals surface area contributed by atoms with E-state index in [0.29, 0.717) is 23.6 Å². The number of hydrogen-bond acceptors (Lipinski definition) is 7. The summed E-state index contributed by atoms with van der Waals surface area (Å²) in [6, 6.07) is 4.72. The summed E-state index contributed by atoms with van der Waals surface area (Å²) in [7, 11) is -3.45. The van der Waals surface area contributed by atoms with E-state index in [1.165, 1.54) is 18.5 Å². The number of aromatic nitrogens is 2. The van der Waals surface area contributed by atoms with E-state index in [9.17, 15) is 18.3 Å². The molecular formula is C22H27ClN2O5S. The lowest BCUT2D eigenvalue weighted by Gasteiger charge is -2.21. The van der Waals surface area contributed by atoms with Gasteiger partial charge in [-0.1, -0.05) is 43.4 Å². The van der Waals surface area contributed by atoms with Crippen LogP contribution >= 0.6 is 11.6 Å². The van der Waals surface area contributed by atoms with Gasteiger partial charge in [-0.15, -0.1) is 0 Å². The van der Waals surface area contributed by atoms with Crippen molar-refractivity contribution in [3.63, 3.8) is 0 Å². The van der Waals surface area contributed by atoms with Crippen molar-refractivity contribution < 1.29 is 23.4 Å². The molecule has 1 heterocycles. The Balaban J connectivity index is 1.84. The number of carbonyl (C=O) groups excluding carboxylic acids is 1. The Morgan fingerprint density at radius 1 is 1.23 bits per heavy atom. The van der Waals surface area contributed by atoms with Crippen LogP contribution < -0.4 is 0 Å². The molecule has 1 fully saturated rings. The molecule has 1 aromatic heterocycles. The molecule has 2 N–H and O–H groups in total. The maximum absolute atomic E-state index is 13.3. The van der Waals surface area contributed by atoms with Gasteiger partial charge in [0, 0.05) is 18.4 Å². The summed E-state index contributed by atoms with van der Waals surface area (Å²) in [5, 5.41) is 18.8. The molecule has 3 rings (SSSR count). The average Bonchev–Trinajstić information content (AvgIpc) is 3.24. The average molecular weight is 467 g/mol. The van der Waals surface area contributed by atoms with Gasteiger partial charge in [-0.25, -0.2) is 8.42 Å². The smallest absolute Gasteiger partial charge is 0.176 e. The summed E-state index contributed by atoms with van der Waals surface area (Å²) in [6.07, 6.45) is 7.98. The molecule has 2 atom stereocenters. The quantitative estimate of drug-likeness (QED) is 0.583. The Hall–Kier alpha value is -1.87. The fraction of sp³-hybridized carbons (Fsp3) is 0.500. The Morgan fingerprint density at radius 2 is 1.94 bits per heavy atom. The van der Waals surface area contributed by atoms with Crippen molar-refractivity contribution in [2.24, 2.45) is 5.92 Å². The molecule has 0 bridgehead atoms. The number of aliphatic hydroxyl groups excluding tert-OH is 2. The number of sulfone groups is 1. The van der Waals surface area contributed by atoms with Gasteiger partial charge in [0.25, 0.3) is 0 Å². The highest BCUT2D eigenvalue weighted by Crippen LogP contribution is 2.36. The van der Waals surface area contributed by atoms with E-state index < -0.39 is 28.5 Å². The van der Waals surface area contributed by atoms with Gasteiger partial charge in [0.2, 0.25) is 0 Å². The SMILES string of the molecule is CS(=O)(=O)c1ccc([C@@H](CC2CCCC2)C(=O)Cc2cnc([C@H](O)CO)cn2)cc1Cl. The van der Waals surface area contributed by atoms with Crippen molar-refractivity contribution in [1.29, 1.82) is 0 Å². The largest absolute Gasteiger partial charge is 0.393 e. The molecule has 168 valence electrons. The third kappa shape index (κ3) is 6.10. The number of nitrogens with zero attached hydrogens (tertiary/aromatic N) is 2. The molecule has 0 radical (unpaired) electrons. The van der Waals surface area contributed by atoms with Crippen LogP contribution in [0.5, 0.6) is 0 Å². The van der Waals surface area contributed by atoms with Gasteiger partial charge in [0.15, 0.2) is 9.84 Å². The Kier molecular flexibility index (Phi) is 7.80. The van der Waals surface area contributed by atoms with Gasteiger partial charge in [0.1, 0.15) is 11.9 Å². The lowest BCUT2D eigenvalue weighted by Crippen LogP contribution is -2.19. The van der Waals surface area contributed by atoms with E-state index in [0.717, 1.165) is 31.9 Å². The molecule has 31 heavy (non-hydrogen) atoms. The molecule has 0 spiro atoms. The third-order valence-corrected chi connectivity index (χ3v) is 7.36. The first-order valence-corrected chi connectivity index (χ1v) is 12.6. The fourth-order valence-corrected chi connectivity index (χ4v) is 5.43. The molecule has 0 unspecified atom stereocenters. The van der Waals surface area contributed by atoms with Crippen LogP contribution in [0.15, 0.2) is 35.5 Å². The number of carbonyl (C=O) groups is 1. The van der Waals surface area contributed by atoms with Crippen LogP contribution in [0.4, 0.5) is 0 Å². The molecule has 1 saturated carbocycles. The Morgan fingerprint density at radius 3 is 2.48 bits per heavy atom. The van der Waals surface area contributed by atoms with Gasteiger partial charge in [-0.2, -0.15) is 0 Å². The molecule has 1 aliphatic carbocycles. The minimum atomic E-state index is -3.45. The molecule has 1 aliphatic rings. The molecule has 7 nitrogen and oxygen atoms in total. The maximum atomic E-state index is 13.3. The summed E-state index contributed by atoms with van der Waals surface area (Å²) in [4.78, 5) is 21.6. The van der Waals surface area contributed by atoms with Gasteiger partial charge in [0.05, 0.1) is 40.5 Å². The fourth-order valence-electron chi connectivity index (χ4n) is 4.09. The van der Waals surface area contributed by atoms with Crippen molar-refractivity contribution >= 4 is 27.2 Å². The minimum absolute atomic E-state index is 0.0418. The van der Waals surface area contributed by atoms with Crippen LogP contribution in [0.25, 0.3) is 0 Å². The van der Waals surface area contributed by atoms with Crippen molar-refractivity contribution in [3.8, 4) is 0 Å². The first kappa shape index (κ1) is 23.8. The normalized spacial score (nSPS) is 16.9. The lowest BCUT2D eigenvalue weighted by molar-refractivity contribution is -0.120. The number of ketones is 1.